The van der Waals surface area contributed by atoms with Crippen LogP contribution < -0.4 is 0 Å². The quantitative estimate of drug-likeness (QED) is 0.359. The first-order chi connectivity index (χ1) is 12.4. The molecule has 0 saturated heterocycles. The van der Waals surface area contributed by atoms with Crippen LogP contribution in [-0.4, -0.2) is 16.8 Å². The number of nitro benzene ring substituents is 1. The Hall–Kier alpha value is -3.54. The zero-order valence-electron chi connectivity index (χ0n) is 14.3. The van der Waals surface area contributed by atoms with Crippen LogP contribution in [0.5, 0.6) is 0 Å². The van der Waals surface area contributed by atoms with Gasteiger partial charge in [0.25, 0.3) is 5.69 Å². The SMILES string of the molecule is CC(=C\c1ccccc1)/C=C1/N=C(c2ccc(C)c([N+](=O)[O-])c2)OC1=O. The Morgan fingerprint density at radius 1 is 1.19 bits per heavy atom. The van der Waals surface area contributed by atoms with Crippen molar-refractivity contribution in [1.82, 2.24) is 0 Å². The minimum absolute atomic E-state index is 0.0427. The third-order valence-corrected chi connectivity index (χ3v) is 3.83. The normalized spacial score (nSPS) is 15.8. The summed E-state index contributed by atoms with van der Waals surface area (Å²) in [5.74, 6) is -0.513. The number of nitro groups is 1. The van der Waals surface area contributed by atoms with Crippen LogP contribution in [-0.2, 0) is 9.53 Å². The molecule has 2 aromatic carbocycles. The van der Waals surface area contributed by atoms with Crippen molar-refractivity contribution in [3.63, 3.8) is 0 Å². The number of carbonyl (C=O) groups excluding carboxylic acids is 1. The number of rotatable bonds is 4. The molecular weight excluding hydrogens is 332 g/mol. The van der Waals surface area contributed by atoms with Crippen molar-refractivity contribution in [2.24, 2.45) is 4.99 Å². The summed E-state index contributed by atoms with van der Waals surface area (Å²) >= 11 is 0. The van der Waals surface area contributed by atoms with Gasteiger partial charge < -0.3 is 4.74 Å². The summed E-state index contributed by atoms with van der Waals surface area (Å²) in [5, 5.41) is 11.1. The van der Waals surface area contributed by atoms with Crippen LogP contribution in [0.2, 0.25) is 0 Å². The molecule has 1 aliphatic heterocycles. The number of nitrogens with zero attached hydrogens (tertiary/aromatic N) is 2. The maximum Gasteiger partial charge on any atom is 0.363 e. The molecular formula is C20H16N2O4. The Bertz CT molecular complexity index is 973. The van der Waals surface area contributed by atoms with Gasteiger partial charge in [0.15, 0.2) is 5.70 Å². The van der Waals surface area contributed by atoms with Crippen molar-refractivity contribution < 1.29 is 14.5 Å². The lowest BCUT2D eigenvalue weighted by molar-refractivity contribution is -0.385. The molecule has 6 heteroatoms. The molecule has 0 radical (unpaired) electrons. The predicted octanol–water partition coefficient (Wildman–Crippen LogP) is 4.19. The van der Waals surface area contributed by atoms with Crippen LogP contribution in [0.3, 0.4) is 0 Å². The third-order valence-electron chi connectivity index (χ3n) is 3.83. The summed E-state index contributed by atoms with van der Waals surface area (Å²) in [5.41, 5.74) is 2.88. The molecule has 1 heterocycles. The van der Waals surface area contributed by atoms with Crippen molar-refractivity contribution in [3.8, 4) is 0 Å². The molecule has 0 fully saturated rings. The van der Waals surface area contributed by atoms with Crippen LogP contribution in [0.15, 0.2) is 70.9 Å². The molecule has 0 aliphatic carbocycles. The first kappa shape index (κ1) is 17.3. The van der Waals surface area contributed by atoms with Crippen molar-refractivity contribution >= 4 is 23.6 Å². The van der Waals surface area contributed by atoms with Gasteiger partial charge in [0, 0.05) is 17.2 Å². The van der Waals surface area contributed by atoms with Gasteiger partial charge in [-0.15, -0.1) is 0 Å². The van der Waals surface area contributed by atoms with E-state index >= 15 is 0 Å². The average molecular weight is 348 g/mol. The highest BCUT2D eigenvalue weighted by molar-refractivity contribution is 6.11. The van der Waals surface area contributed by atoms with Crippen molar-refractivity contribution in [2.75, 3.05) is 0 Å². The Balaban J connectivity index is 1.91. The first-order valence-electron chi connectivity index (χ1n) is 7.95. The minimum atomic E-state index is -0.580. The topological polar surface area (TPSA) is 81.8 Å². The Kier molecular flexibility index (Phi) is 4.75. The number of carbonyl (C=O) groups is 1. The Morgan fingerprint density at radius 2 is 1.92 bits per heavy atom. The van der Waals surface area contributed by atoms with E-state index in [0.29, 0.717) is 11.1 Å². The lowest BCUT2D eigenvalue weighted by atomic mass is 10.1. The molecule has 1 aliphatic rings. The molecule has 0 saturated carbocycles. The fraction of sp³-hybridized carbons (Fsp3) is 0.100. The summed E-state index contributed by atoms with van der Waals surface area (Å²) in [4.78, 5) is 26.9. The average Bonchev–Trinajstić information content (AvgIpc) is 2.96. The number of benzene rings is 2. The Morgan fingerprint density at radius 3 is 2.62 bits per heavy atom. The molecule has 130 valence electrons. The second kappa shape index (κ2) is 7.14. The molecule has 6 nitrogen and oxygen atoms in total. The number of cyclic esters (lactones) is 1. The highest BCUT2D eigenvalue weighted by atomic mass is 16.6. The summed E-state index contributed by atoms with van der Waals surface area (Å²) in [6.07, 6.45) is 3.55. The van der Waals surface area contributed by atoms with Gasteiger partial charge >= 0.3 is 5.97 Å². The van der Waals surface area contributed by atoms with Crippen LogP contribution in [0.25, 0.3) is 6.08 Å². The first-order valence-corrected chi connectivity index (χ1v) is 7.95. The van der Waals surface area contributed by atoms with Gasteiger partial charge in [-0.05, 0) is 37.1 Å². The Labute approximate surface area is 150 Å². The summed E-state index contributed by atoms with van der Waals surface area (Å²) in [7, 11) is 0. The lowest BCUT2D eigenvalue weighted by Crippen LogP contribution is -2.06. The van der Waals surface area contributed by atoms with E-state index in [1.165, 1.54) is 6.07 Å². The summed E-state index contributed by atoms with van der Waals surface area (Å²) in [6.45, 7) is 3.50. The van der Waals surface area contributed by atoms with E-state index in [2.05, 4.69) is 4.99 Å². The number of aliphatic imine (C=N–C) groups is 1. The summed E-state index contributed by atoms with van der Waals surface area (Å²) in [6, 6.07) is 14.3. The minimum Gasteiger partial charge on any atom is -0.402 e. The number of hydrogen-bond acceptors (Lipinski definition) is 5. The second-order valence-corrected chi connectivity index (χ2v) is 5.89. The molecule has 26 heavy (non-hydrogen) atoms. The van der Waals surface area contributed by atoms with Crippen LogP contribution in [0.1, 0.15) is 23.6 Å². The van der Waals surface area contributed by atoms with E-state index in [9.17, 15) is 14.9 Å². The van der Waals surface area contributed by atoms with Gasteiger partial charge in [-0.3, -0.25) is 10.1 Å². The standard InChI is InChI=1S/C20H16N2O4/c1-13(10-15-6-4-3-5-7-15)11-17-20(23)26-19(21-17)16-9-8-14(2)18(12-16)22(24)25/h3-12H,1-2H3/b13-10+,17-11+. The number of hydrogen-bond donors (Lipinski definition) is 0. The van der Waals surface area contributed by atoms with Crippen molar-refractivity contribution in [2.45, 2.75) is 13.8 Å². The van der Waals surface area contributed by atoms with Crippen LogP contribution >= 0.6 is 0 Å². The molecule has 0 aromatic heterocycles. The number of esters is 1. The maximum atomic E-state index is 12.1. The van der Waals surface area contributed by atoms with E-state index < -0.39 is 10.9 Å². The number of ether oxygens (including phenoxy) is 1. The number of allylic oxidation sites excluding steroid dienone is 2. The summed E-state index contributed by atoms with van der Waals surface area (Å²) < 4.78 is 5.18. The predicted molar refractivity (Wildman–Crippen MR) is 98.6 cm³/mol. The second-order valence-electron chi connectivity index (χ2n) is 5.89. The fourth-order valence-corrected chi connectivity index (χ4v) is 2.54. The molecule has 0 unspecified atom stereocenters. The van der Waals surface area contributed by atoms with Crippen molar-refractivity contribution in [3.05, 3.63) is 92.7 Å². The molecule has 2 aromatic rings. The molecule has 0 bridgehead atoms. The largest absolute Gasteiger partial charge is 0.402 e. The number of aryl methyl sites for hydroxylation is 1. The molecule has 3 rings (SSSR count). The van der Waals surface area contributed by atoms with Gasteiger partial charge in [-0.2, -0.15) is 0 Å². The van der Waals surface area contributed by atoms with Crippen LogP contribution in [0.4, 0.5) is 5.69 Å². The smallest absolute Gasteiger partial charge is 0.363 e. The van der Waals surface area contributed by atoms with Gasteiger partial charge in [-0.1, -0.05) is 42.5 Å². The zero-order chi connectivity index (χ0) is 18.7. The monoisotopic (exact) mass is 348 g/mol. The van der Waals surface area contributed by atoms with Crippen molar-refractivity contribution in [1.29, 1.82) is 0 Å². The van der Waals surface area contributed by atoms with E-state index in [4.69, 9.17) is 4.74 Å². The molecule has 0 spiro atoms. The molecule has 0 amide bonds. The maximum absolute atomic E-state index is 12.1. The molecule has 0 atom stereocenters. The third kappa shape index (κ3) is 3.75. The van der Waals surface area contributed by atoms with E-state index in [0.717, 1.165) is 11.1 Å². The van der Waals surface area contributed by atoms with Gasteiger partial charge in [0.2, 0.25) is 5.90 Å². The zero-order valence-corrected chi connectivity index (χ0v) is 14.3. The fourth-order valence-electron chi connectivity index (χ4n) is 2.54. The van der Waals surface area contributed by atoms with E-state index in [-0.39, 0.29) is 17.3 Å². The van der Waals surface area contributed by atoms with E-state index in [1.807, 2.05) is 43.3 Å². The van der Waals surface area contributed by atoms with E-state index in [1.54, 1.807) is 25.1 Å². The lowest BCUT2D eigenvalue weighted by Gasteiger charge is -2.01. The highest BCUT2D eigenvalue weighted by Gasteiger charge is 2.25. The molecule has 0 N–H and O–H groups in total. The highest BCUT2D eigenvalue weighted by Crippen LogP contribution is 2.24. The van der Waals surface area contributed by atoms with Gasteiger partial charge in [-0.25, -0.2) is 9.79 Å². The van der Waals surface area contributed by atoms with Gasteiger partial charge in [0.05, 0.1) is 4.92 Å². The van der Waals surface area contributed by atoms with Gasteiger partial charge in [0.1, 0.15) is 0 Å². The van der Waals surface area contributed by atoms with Crippen LogP contribution in [0, 0.1) is 17.0 Å².